The highest BCUT2D eigenvalue weighted by molar-refractivity contribution is 5.94. The third-order valence-electron chi connectivity index (χ3n) is 5.27. The number of nitrogens with zero attached hydrogens (tertiary/aromatic N) is 1. The molecule has 1 N–H and O–H groups in total. The summed E-state index contributed by atoms with van der Waals surface area (Å²) in [5, 5.41) is 5.74. The molecule has 2 aliphatic carbocycles. The van der Waals surface area contributed by atoms with Gasteiger partial charge in [0.15, 0.2) is 0 Å². The van der Waals surface area contributed by atoms with Gasteiger partial charge in [-0.05, 0) is 44.1 Å². The van der Waals surface area contributed by atoms with Crippen molar-refractivity contribution in [1.82, 2.24) is 5.32 Å². The summed E-state index contributed by atoms with van der Waals surface area (Å²) in [6.07, 6.45) is 4.29. The molecule has 2 aliphatic rings. The number of anilines is 1. The fourth-order valence-electron chi connectivity index (χ4n) is 3.69. The lowest BCUT2D eigenvalue weighted by atomic mass is 9.78. The third-order valence-corrected chi connectivity index (χ3v) is 5.27. The summed E-state index contributed by atoms with van der Waals surface area (Å²) in [7, 11) is 0. The molecule has 23 heavy (non-hydrogen) atoms. The molecule has 3 nitrogen and oxygen atoms in total. The SMILES string of the molecule is CCN(c1cccc2ccccc12)C1CC(C(=O)NC2CC2)C1. The first kappa shape index (κ1) is 14.6. The summed E-state index contributed by atoms with van der Waals surface area (Å²) in [6, 6.07) is 16.0. The Hall–Kier alpha value is -2.03. The zero-order valence-electron chi connectivity index (χ0n) is 13.7. The zero-order valence-corrected chi connectivity index (χ0v) is 13.7. The van der Waals surface area contributed by atoms with Crippen LogP contribution in [0, 0.1) is 5.92 Å². The molecule has 2 fully saturated rings. The standard InChI is InChI=1S/C20H24N2O/c1-2-22(17-12-15(13-17)20(23)21-16-10-11-16)19-9-5-7-14-6-3-4-8-18(14)19/h3-9,15-17H,2,10-13H2,1H3,(H,21,23). The molecular weight excluding hydrogens is 284 g/mol. The maximum Gasteiger partial charge on any atom is 0.223 e. The number of nitrogens with one attached hydrogen (secondary N) is 1. The first-order valence-corrected chi connectivity index (χ1v) is 8.81. The first-order chi connectivity index (χ1) is 11.3. The third kappa shape index (κ3) is 2.80. The number of carbonyl (C=O) groups excluding carboxylic acids is 1. The highest BCUT2D eigenvalue weighted by Gasteiger charge is 2.39. The second-order valence-corrected chi connectivity index (χ2v) is 6.89. The molecule has 2 aromatic rings. The van der Waals surface area contributed by atoms with Crippen LogP contribution in [-0.2, 0) is 4.79 Å². The number of amides is 1. The van der Waals surface area contributed by atoms with Crippen molar-refractivity contribution in [3.8, 4) is 0 Å². The van der Waals surface area contributed by atoms with E-state index >= 15 is 0 Å². The molecule has 0 spiro atoms. The Morgan fingerprint density at radius 1 is 1.13 bits per heavy atom. The second-order valence-electron chi connectivity index (χ2n) is 6.89. The summed E-state index contributed by atoms with van der Waals surface area (Å²) in [6.45, 7) is 3.19. The molecule has 0 radical (unpaired) electrons. The molecular formula is C20H24N2O. The minimum absolute atomic E-state index is 0.213. The van der Waals surface area contributed by atoms with E-state index in [1.165, 1.54) is 29.3 Å². The Morgan fingerprint density at radius 2 is 1.87 bits per heavy atom. The van der Waals surface area contributed by atoms with Crippen molar-refractivity contribution in [2.75, 3.05) is 11.4 Å². The van der Waals surface area contributed by atoms with Crippen molar-refractivity contribution in [2.45, 2.75) is 44.7 Å². The van der Waals surface area contributed by atoms with E-state index in [0.717, 1.165) is 19.4 Å². The number of carbonyl (C=O) groups is 1. The Labute approximate surface area is 137 Å². The molecule has 0 saturated heterocycles. The second kappa shape index (κ2) is 5.88. The van der Waals surface area contributed by atoms with Crippen molar-refractivity contribution in [2.24, 2.45) is 5.92 Å². The fourth-order valence-corrected chi connectivity index (χ4v) is 3.69. The average molecular weight is 308 g/mol. The van der Waals surface area contributed by atoms with Crippen LogP contribution in [0.15, 0.2) is 42.5 Å². The molecule has 0 bridgehead atoms. The Kier molecular flexibility index (Phi) is 3.72. The minimum atomic E-state index is 0.213. The number of fused-ring (bicyclic) bond motifs is 1. The van der Waals surface area contributed by atoms with Crippen LogP contribution in [0.5, 0.6) is 0 Å². The highest BCUT2D eigenvalue weighted by Crippen LogP contribution is 2.37. The minimum Gasteiger partial charge on any atom is -0.368 e. The molecule has 0 aliphatic heterocycles. The van der Waals surface area contributed by atoms with E-state index in [1.54, 1.807) is 0 Å². The van der Waals surface area contributed by atoms with Crippen LogP contribution in [0.25, 0.3) is 10.8 Å². The Balaban J connectivity index is 1.49. The smallest absolute Gasteiger partial charge is 0.223 e. The largest absolute Gasteiger partial charge is 0.368 e. The molecule has 0 atom stereocenters. The quantitative estimate of drug-likeness (QED) is 0.913. The first-order valence-electron chi connectivity index (χ1n) is 8.81. The van der Waals surface area contributed by atoms with Crippen LogP contribution in [-0.4, -0.2) is 24.5 Å². The van der Waals surface area contributed by atoms with Crippen molar-refractivity contribution >= 4 is 22.4 Å². The van der Waals surface area contributed by atoms with Crippen molar-refractivity contribution in [3.05, 3.63) is 42.5 Å². The lowest BCUT2D eigenvalue weighted by molar-refractivity contribution is -0.128. The van der Waals surface area contributed by atoms with Crippen LogP contribution >= 0.6 is 0 Å². The van der Waals surface area contributed by atoms with Crippen molar-refractivity contribution in [1.29, 1.82) is 0 Å². The monoisotopic (exact) mass is 308 g/mol. The molecule has 3 heteroatoms. The van der Waals surface area contributed by atoms with Gasteiger partial charge in [-0.15, -0.1) is 0 Å². The van der Waals surface area contributed by atoms with Gasteiger partial charge in [0.2, 0.25) is 5.91 Å². The molecule has 2 saturated carbocycles. The van der Waals surface area contributed by atoms with Gasteiger partial charge in [-0.25, -0.2) is 0 Å². The van der Waals surface area contributed by atoms with Crippen LogP contribution in [0.4, 0.5) is 5.69 Å². The summed E-state index contributed by atoms with van der Waals surface area (Å²) in [5.74, 6) is 0.488. The summed E-state index contributed by atoms with van der Waals surface area (Å²) < 4.78 is 0. The molecule has 0 heterocycles. The zero-order chi connectivity index (χ0) is 15.8. The van der Waals surface area contributed by atoms with Gasteiger partial charge < -0.3 is 10.2 Å². The molecule has 120 valence electrons. The van der Waals surface area contributed by atoms with E-state index in [0.29, 0.717) is 12.1 Å². The molecule has 0 aromatic heterocycles. The Morgan fingerprint density at radius 3 is 2.61 bits per heavy atom. The predicted molar refractivity (Wildman–Crippen MR) is 94.6 cm³/mol. The fraction of sp³-hybridized carbons (Fsp3) is 0.450. The number of rotatable bonds is 5. The van der Waals surface area contributed by atoms with Crippen LogP contribution < -0.4 is 10.2 Å². The van der Waals surface area contributed by atoms with Gasteiger partial charge in [-0.1, -0.05) is 36.4 Å². The molecule has 1 amide bonds. The van der Waals surface area contributed by atoms with Gasteiger partial charge in [0, 0.05) is 35.6 Å². The van der Waals surface area contributed by atoms with Gasteiger partial charge in [-0.3, -0.25) is 4.79 Å². The van der Waals surface area contributed by atoms with E-state index in [9.17, 15) is 4.79 Å². The Bertz CT molecular complexity index is 711. The van der Waals surface area contributed by atoms with Gasteiger partial charge in [-0.2, -0.15) is 0 Å². The molecule has 2 aromatic carbocycles. The van der Waals surface area contributed by atoms with E-state index in [1.807, 2.05) is 0 Å². The molecule has 4 rings (SSSR count). The summed E-state index contributed by atoms with van der Waals surface area (Å²) in [4.78, 5) is 14.6. The number of hydrogen-bond acceptors (Lipinski definition) is 2. The number of benzene rings is 2. The maximum absolute atomic E-state index is 12.2. The van der Waals surface area contributed by atoms with Gasteiger partial charge >= 0.3 is 0 Å². The van der Waals surface area contributed by atoms with Crippen molar-refractivity contribution < 1.29 is 4.79 Å². The maximum atomic E-state index is 12.2. The van der Waals surface area contributed by atoms with E-state index in [-0.39, 0.29) is 11.8 Å². The average Bonchev–Trinajstić information content (AvgIpc) is 3.33. The van der Waals surface area contributed by atoms with E-state index < -0.39 is 0 Å². The highest BCUT2D eigenvalue weighted by atomic mass is 16.2. The molecule has 0 unspecified atom stereocenters. The normalized spacial score (nSPS) is 23.3. The van der Waals surface area contributed by atoms with Crippen LogP contribution in [0.2, 0.25) is 0 Å². The predicted octanol–water partition coefficient (Wildman–Crippen LogP) is 3.72. The van der Waals surface area contributed by atoms with Crippen LogP contribution in [0.1, 0.15) is 32.6 Å². The lowest BCUT2D eigenvalue weighted by Gasteiger charge is -2.43. The van der Waals surface area contributed by atoms with Gasteiger partial charge in [0.25, 0.3) is 0 Å². The lowest BCUT2D eigenvalue weighted by Crippen LogP contribution is -2.50. The van der Waals surface area contributed by atoms with Gasteiger partial charge in [0.1, 0.15) is 0 Å². The summed E-state index contributed by atoms with van der Waals surface area (Å²) >= 11 is 0. The van der Waals surface area contributed by atoms with E-state index in [2.05, 4.69) is 59.6 Å². The van der Waals surface area contributed by atoms with Gasteiger partial charge in [0.05, 0.1) is 0 Å². The number of hydrogen-bond donors (Lipinski definition) is 1. The van der Waals surface area contributed by atoms with Crippen molar-refractivity contribution in [3.63, 3.8) is 0 Å². The van der Waals surface area contributed by atoms with E-state index in [4.69, 9.17) is 0 Å². The summed E-state index contributed by atoms with van der Waals surface area (Å²) in [5.41, 5.74) is 1.30. The topological polar surface area (TPSA) is 32.3 Å². The van der Waals surface area contributed by atoms with Crippen LogP contribution in [0.3, 0.4) is 0 Å².